The van der Waals surface area contributed by atoms with E-state index in [4.69, 9.17) is 9.47 Å². The number of aliphatic hydroxyl groups is 1. The number of methoxy groups -OCH3 is 1. The third-order valence-corrected chi connectivity index (χ3v) is 5.72. The Kier molecular flexibility index (Phi) is 5.80. The molecule has 2 aromatic heterocycles. The minimum atomic E-state index is -1.10. The highest BCUT2D eigenvalue weighted by molar-refractivity contribution is 5.94. The number of nitrogens with zero attached hydrogens (tertiary/aromatic N) is 5. The van der Waals surface area contributed by atoms with E-state index in [-0.39, 0.29) is 5.56 Å². The van der Waals surface area contributed by atoms with Crippen LogP contribution in [-0.4, -0.2) is 58.7 Å². The van der Waals surface area contributed by atoms with E-state index in [1.54, 1.807) is 12.1 Å². The topological polar surface area (TPSA) is 93.5 Å². The lowest BCUT2D eigenvalue weighted by Crippen LogP contribution is -2.36. The largest absolute Gasteiger partial charge is 0.495 e. The maximum Gasteiger partial charge on any atom is 0.140 e. The van der Waals surface area contributed by atoms with Crippen LogP contribution in [0.3, 0.4) is 0 Å². The van der Waals surface area contributed by atoms with Crippen LogP contribution in [0.15, 0.2) is 55.0 Å². The molecule has 0 saturated carbocycles. The van der Waals surface area contributed by atoms with Gasteiger partial charge in [0.15, 0.2) is 0 Å². The smallest absolute Gasteiger partial charge is 0.140 e. The molecule has 1 aliphatic heterocycles. The number of aliphatic hydroxyl groups excluding tert-OH is 1. The molecule has 1 saturated heterocycles. The minimum Gasteiger partial charge on any atom is -0.495 e. The van der Waals surface area contributed by atoms with Crippen LogP contribution < -0.4 is 9.64 Å². The van der Waals surface area contributed by atoms with Gasteiger partial charge < -0.3 is 19.5 Å². The van der Waals surface area contributed by atoms with Crippen molar-refractivity contribution in [3.8, 4) is 17.0 Å². The van der Waals surface area contributed by atoms with Gasteiger partial charge in [0.25, 0.3) is 0 Å². The summed E-state index contributed by atoms with van der Waals surface area (Å²) in [5.41, 5.74) is 3.25. The van der Waals surface area contributed by atoms with E-state index in [1.165, 1.54) is 31.8 Å². The highest BCUT2D eigenvalue weighted by Gasteiger charge is 2.19. The lowest BCUT2D eigenvalue weighted by atomic mass is 9.99. The molecule has 168 valence electrons. The van der Waals surface area contributed by atoms with Crippen LogP contribution in [0, 0.1) is 5.82 Å². The Labute approximate surface area is 189 Å². The summed E-state index contributed by atoms with van der Waals surface area (Å²) in [6, 6.07) is 11.9. The average Bonchev–Trinajstić information content (AvgIpc) is 2.88. The fraction of sp³-hybridized carbons (Fsp3) is 0.250. The number of morpholine rings is 1. The zero-order chi connectivity index (χ0) is 22.8. The molecule has 0 unspecified atom stereocenters. The van der Waals surface area contributed by atoms with E-state index < -0.39 is 11.9 Å². The van der Waals surface area contributed by atoms with Crippen molar-refractivity contribution < 1.29 is 19.0 Å². The Bertz CT molecular complexity index is 1300. The van der Waals surface area contributed by atoms with Gasteiger partial charge in [-0.1, -0.05) is 6.07 Å². The van der Waals surface area contributed by atoms with Crippen LogP contribution in [0.5, 0.6) is 5.75 Å². The van der Waals surface area contributed by atoms with E-state index in [0.717, 1.165) is 24.2 Å². The van der Waals surface area contributed by atoms with Crippen molar-refractivity contribution in [2.45, 2.75) is 6.10 Å². The number of hydrogen-bond acceptors (Lipinski definition) is 8. The normalized spacial score (nSPS) is 14.9. The molecule has 1 aliphatic rings. The molecular weight excluding hydrogens is 425 g/mol. The van der Waals surface area contributed by atoms with Gasteiger partial charge in [0, 0.05) is 35.8 Å². The number of aromatic nitrogens is 4. The number of benzene rings is 2. The summed E-state index contributed by atoms with van der Waals surface area (Å²) in [5.74, 6) is 0.0270. The first-order valence-electron chi connectivity index (χ1n) is 10.6. The zero-order valence-corrected chi connectivity index (χ0v) is 18.0. The Balaban J connectivity index is 1.54. The van der Waals surface area contributed by atoms with Gasteiger partial charge in [-0.15, -0.1) is 0 Å². The second kappa shape index (κ2) is 9.05. The molecule has 0 radical (unpaired) electrons. The van der Waals surface area contributed by atoms with Crippen molar-refractivity contribution in [3.63, 3.8) is 0 Å². The van der Waals surface area contributed by atoms with Crippen molar-refractivity contribution in [2.24, 2.45) is 0 Å². The molecule has 8 nitrogen and oxygen atoms in total. The van der Waals surface area contributed by atoms with Crippen LogP contribution in [-0.2, 0) is 4.74 Å². The summed E-state index contributed by atoms with van der Waals surface area (Å²) in [6.45, 7) is 2.99. The van der Waals surface area contributed by atoms with Crippen molar-refractivity contribution in [1.29, 1.82) is 0 Å². The van der Waals surface area contributed by atoms with E-state index in [0.29, 0.717) is 41.4 Å². The Morgan fingerprint density at radius 2 is 1.94 bits per heavy atom. The van der Waals surface area contributed by atoms with Gasteiger partial charge in [0.05, 0.1) is 43.4 Å². The number of rotatable bonds is 5. The van der Waals surface area contributed by atoms with Gasteiger partial charge in [0.1, 0.15) is 24.0 Å². The molecule has 33 heavy (non-hydrogen) atoms. The lowest BCUT2D eigenvalue weighted by Gasteiger charge is -2.29. The summed E-state index contributed by atoms with van der Waals surface area (Å²) < 4.78 is 25.5. The van der Waals surface area contributed by atoms with E-state index in [9.17, 15) is 9.50 Å². The van der Waals surface area contributed by atoms with Crippen molar-refractivity contribution in [1.82, 2.24) is 20.2 Å². The highest BCUT2D eigenvalue weighted by Crippen LogP contribution is 2.33. The third kappa shape index (κ3) is 4.20. The SMILES string of the molecule is COc1cnnc([C@@H](O)c2ccc(F)c(-c3ncnc4cc(N5CCOCC5)ccc34)c2)c1. The van der Waals surface area contributed by atoms with Crippen LogP contribution in [0.25, 0.3) is 22.2 Å². The molecule has 0 aliphatic carbocycles. The van der Waals surface area contributed by atoms with Gasteiger partial charge in [0.2, 0.25) is 0 Å². The van der Waals surface area contributed by atoms with Crippen LogP contribution in [0.2, 0.25) is 0 Å². The molecule has 3 heterocycles. The van der Waals surface area contributed by atoms with Gasteiger partial charge in [-0.25, -0.2) is 14.4 Å². The molecule has 2 aromatic carbocycles. The number of anilines is 1. The number of fused-ring (bicyclic) bond motifs is 1. The fourth-order valence-electron chi connectivity index (χ4n) is 3.95. The number of hydrogen-bond donors (Lipinski definition) is 1. The standard InChI is InChI=1S/C24H22FN5O3/c1-32-17-12-22(29-28-13-17)24(31)15-2-5-20(25)19(10-15)23-18-4-3-16(11-21(18)26-14-27-23)30-6-8-33-9-7-30/h2-5,10-14,24,31H,6-9H2,1H3/t24-/m0/s1. The van der Waals surface area contributed by atoms with Gasteiger partial charge in [-0.05, 0) is 35.9 Å². The quantitative estimate of drug-likeness (QED) is 0.499. The molecule has 5 rings (SSSR count). The minimum absolute atomic E-state index is 0.272. The first-order chi connectivity index (χ1) is 16.1. The molecule has 0 amide bonds. The number of halogens is 1. The molecule has 0 bridgehead atoms. The third-order valence-electron chi connectivity index (χ3n) is 5.72. The summed E-state index contributed by atoms with van der Waals surface area (Å²) >= 11 is 0. The van der Waals surface area contributed by atoms with Crippen LogP contribution in [0.4, 0.5) is 10.1 Å². The maximum atomic E-state index is 14.9. The predicted octanol–water partition coefficient (Wildman–Crippen LogP) is 3.15. The molecule has 1 N–H and O–H groups in total. The van der Waals surface area contributed by atoms with Gasteiger partial charge in [-0.2, -0.15) is 10.2 Å². The monoisotopic (exact) mass is 447 g/mol. The molecule has 4 aromatic rings. The zero-order valence-electron chi connectivity index (χ0n) is 18.0. The molecule has 9 heteroatoms. The first-order valence-corrected chi connectivity index (χ1v) is 10.6. The summed E-state index contributed by atoms with van der Waals surface area (Å²) in [4.78, 5) is 11.0. The molecule has 1 atom stereocenters. The summed E-state index contributed by atoms with van der Waals surface area (Å²) in [6.07, 6.45) is 1.77. The molecule has 1 fully saturated rings. The fourth-order valence-corrected chi connectivity index (χ4v) is 3.95. The lowest BCUT2D eigenvalue weighted by molar-refractivity contribution is 0.122. The van der Waals surface area contributed by atoms with Crippen LogP contribution >= 0.6 is 0 Å². The number of ether oxygens (including phenoxy) is 2. The Hall–Kier alpha value is -3.69. The highest BCUT2D eigenvalue weighted by atomic mass is 19.1. The Morgan fingerprint density at radius 3 is 2.76 bits per heavy atom. The van der Waals surface area contributed by atoms with Crippen molar-refractivity contribution in [2.75, 3.05) is 38.3 Å². The molecular formula is C24H22FN5O3. The average molecular weight is 447 g/mol. The molecule has 0 spiro atoms. The Morgan fingerprint density at radius 1 is 1.09 bits per heavy atom. The predicted molar refractivity (Wildman–Crippen MR) is 121 cm³/mol. The second-order valence-corrected chi connectivity index (χ2v) is 7.69. The van der Waals surface area contributed by atoms with E-state index in [2.05, 4.69) is 25.1 Å². The maximum absolute atomic E-state index is 14.9. The second-order valence-electron chi connectivity index (χ2n) is 7.69. The van der Waals surface area contributed by atoms with Gasteiger partial charge in [-0.3, -0.25) is 0 Å². The summed E-state index contributed by atoms with van der Waals surface area (Å²) in [7, 11) is 1.51. The van der Waals surface area contributed by atoms with Crippen molar-refractivity contribution >= 4 is 16.6 Å². The first kappa shape index (κ1) is 21.2. The van der Waals surface area contributed by atoms with Crippen LogP contribution in [0.1, 0.15) is 17.4 Å². The van der Waals surface area contributed by atoms with E-state index in [1.807, 2.05) is 18.2 Å². The van der Waals surface area contributed by atoms with Crippen molar-refractivity contribution in [3.05, 3.63) is 72.1 Å². The van der Waals surface area contributed by atoms with E-state index >= 15 is 0 Å². The van der Waals surface area contributed by atoms with Gasteiger partial charge >= 0.3 is 0 Å². The summed E-state index contributed by atoms with van der Waals surface area (Å²) in [5, 5.41) is 19.4.